The molecule has 1 fully saturated rings. The Hall–Kier alpha value is -3.80. The van der Waals surface area contributed by atoms with E-state index in [0.29, 0.717) is 0 Å². The second-order valence-electron chi connectivity index (χ2n) is 10.2. The average molecular weight is 506 g/mol. The van der Waals surface area contributed by atoms with Crippen LogP contribution in [0, 0.1) is 0 Å². The topological polar surface area (TPSA) is 51.2 Å². The zero-order valence-corrected chi connectivity index (χ0v) is 21.7. The summed E-state index contributed by atoms with van der Waals surface area (Å²) >= 11 is 0. The van der Waals surface area contributed by atoms with Crippen LogP contribution in [-0.4, -0.2) is 44.8 Å². The Morgan fingerprint density at radius 2 is 1.71 bits per heavy atom. The first-order chi connectivity index (χ1) is 18.7. The smallest absolute Gasteiger partial charge is 0.218 e. The number of anilines is 1. The van der Waals surface area contributed by atoms with Crippen molar-refractivity contribution >= 4 is 22.0 Å². The maximum Gasteiger partial charge on any atom is 0.218 e. The Morgan fingerprint density at radius 3 is 2.45 bits per heavy atom. The highest BCUT2D eigenvalue weighted by molar-refractivity contribution is 6.10. The molecule has 0 saturated carbocycles. The Kier molecular flexibility index (Phi) is 5.64. The highest BCUT2D eigenvalue weighted by Gasteiger charge is 2.37. The van der Waals surface area contributed by atoms with E-state index in [4.69, 9.17) is 14.2 Å². The minimum Gasteiger partial charge on any atom is -0.497 e. The van der Waals surface area contributed by atoms with E-state index >= 15 is 0 Å². The summed E-state index contributed by atoms with van der Waals surface area (Å²) in [6.45, 7) is 5.63. The number of aliphatic hydroxyl groups is 1. The third-order valence-electron chi connectivity index (χ3n) is 8.24. The van der Waals surface area contributed by atoms with E-state index in [0.717, 1.165) is 66.3 Å². The summed E-state index contributed by atoms with van der Waals surface area (Å²) in [5.41, 5.74) is 9.63. The molecular weight excluding hydrogens is 474 g/mol. The molecule has 4 aromatic carbocycles. The fourth-order valence-corrected chi connectivity index (χ4v) is 6.51. The molecule has 2 heterocycles. The van der Waals surface area contributed by atoms with Crippen molar-refractivity contribution in [3.63, 3.8) is 0 Å². The number of benzene rings is 4. The van der Waals surface area contributed by atoms with Crippen molar-refractivity contribution in [1.82, 2.24) is 0 Å². The van der Waals surface area contributed by atoms with E-state index in [2.05, 4.69) is 60.4 Å². The van der Waals surface area contributed by atoms with E-state index in [1.807, 2.05) is 24.3 Å². The summed E-state index contributed by atoms with van der Waals surface area (Å²) < 4.78 is 17.2. The van der Waals surface area contributed by atoms with Gasteiger partial charge in [0.2, 0.25) is 6.29 Å². The van der Waals surface area contributed by atoms with Gasteiger partial charge in [0.15, 0.2) is 0 Å². The van der Waals surface area contributed by atoms with E-state index in [9.17, 15) is 5.11 Å². The second kappa shape index (κ2) is 9.19. The number of hydrogen-bond acceptors (Lipinski definition) is 5. The van der Waals surface area contributed by atoms with Gasteiger partial charge < -0.3 is 24.2 Å². The van der Waals surface area contributed by atoms with E-state index in [1.54, 1.807) is 7.11 Å². The van der Waals surface area contributed by atoms with Gasteiger partial charge in [-0.3, -0.25) is 0 Å². The normalized spacial score (nSPS) is 19.9. The number of ether oxygens (including phenoxy) is 3. The predicted molar refractivity (Wildman–Crippen MR) is 151 cm³/mol. The van der Waals surface area contributed by atoms with Gasteiger partial charge in [0.25, 0.3) is 0 Å². The number of fused-ring (bicyclic) bond motifs is 8. The molecule has 192 valence electrons. The van der Waals surface area contributed by atoms with Gasteiger partial charge in [0.1, 0.15) is 11.5 Å². The Labute approximate surface area is 222 Å². The summed E-state index contributed by atoms with van der Waals surface area (Å²) in [6, 6.07) is 23.5. The van der Waals surface area contributed by atoms with Crippen molar-refractivity contribution in [2.75, 3.05) is 38.3 Å². The van der Waals surface area contributed by atoms with Gasteiger partial charge in [0.05, 0.1) is 20.3 Å². The Balaban J connectivity index is 1.49. The van der Waals surface area contributed by atoms with Crippen molar-refractivity contribution in [2.24, 2.45) is 0 Å². The second-order valence-corrected chi connectivity index (χ2v) is 10.2. The molecule has 0 spiro atoms. The van der Waals surface area contributed by atoms with Gasteiger partial charge in [-0.15, -0.1) is 0 Å². The zero-order valence-electron chi connectivity index (χ0n) is 21.7. The van der Waals surface area contributed by atoms with Crippen molar-refractivity contribution < 1.29 is 19.3 Å². The fraction of sp³-hybridized carbons (Fsp3) is 0.273. The lowest BCUT2D eigenvalue weighted by Crippen LogP contribution is -2.36. The molecule has 1 saturated heterocycles. The molecule has 2 atom stereocenters. The van der Waals surface area contributed by atoms with E-state index in [1.165, 1.54) is 33.3 Å². The standard InChI is InChI=1S/C33H31NO4/c1-3-23-28-18-21(34-14-16-37-17-15-34)10-13-25(28)30-24-6-4-5-7-26(24)33-32(31(23)30)27(19-29(35)38-33)20-8-11-22(36-2)12-9-20/h4-13,18-19,23,29,35H,3,14-17H2,1-2H3. The molecule has 1 aliphatic carbocycles. The highest BCUT2D eigenvalue weighted by Crippen LogP contribution is 2.57. The number of nitrogens with zero attached hydrogens (tertiary/aromatic N) is 1. The minimum atomic E-state index is -1.02. The van der Waals surface area contributed by atoms with Gasteiger partial charge in [-0.05, 0) is 75.5 Å². The van der Waals surface area contributed by atoms with Crippen molar-refractivity contribution in [3.8, 4) is 22.6 Å². The van der Waals surface area contributed by atoms with Crippen LogP contribution in [0.25, 0.3) is 27.5 Å². The molecule has 2 unspecified atom stereocenters. The molecule has 1 N–H and O–H groups in total. The molecule has 0 radical (unpaired) electrons. The van der Waals surface area contributed by atoms with E-state index < -0.39 is 6.29 Å². The van der Waals surface area contributed by atoms with Crippen LogP contribution < -0.4 is 14.4 Å². The summed E-state index contributed by atoms with van der Waals surface area (Å²) in [5.74, 6) is 1.79. The van der Waals surface area contributed by atoms with Gasteiger partial charge >= 0.3 is 0 Å². The first-order valence-corrected chi connectivity index (χ1v) is 13.4. The molecule has 3 aliphatic rings. The number of aliphatic hydroxyl groups excluding tert-OH is 1. The molecule has 4 aromatic rings. The molecule has 7 rings (SSSR count). The van der Waals surface area contributed by atoms with Crippen molar-refractivity contribution in [2.45, 2.75) is 25.6 Å². The van der Waals surface area contributed by atoms with Crippen LogP contribution in [0.1, 0.15) is 41.5 Å². The average Bonchev–Trinajstić information content (AvgIpc) is 3.31. The molecule has 0 bridgehead atoms. The molecular formula is C33H31NO4. The SMILES string of the molecule is CCC1c2cc(N3CCOCC3)ccc2-c2c1c1c(c3ccccc23)OC(O)C=C1c1ccc(OC)cc1. The molecule has 2 aliphatic heterocycles. The number of hydrogen-bond donors (Lipinski definition) is 1. The Bertz CT molecular complexity index is 1570. The third kappa shape index (κ3) is 3.53. The maximum atomic E-state index is 10.8. The van der Waals surface area contributed by atoms with Crippen molar-refractivity contribution in [1.29, 1.82) is 0 Å². The summed E-state index contributed by atoms with van der Waals surface area (Å²) in [5, 5.41) is 13.0. The van der Waals surface area contributed by atoms with Gasteiger partial charge in [-0.1, -0.05) is 49.4 Å². The number of rotatable bonds is 4. The van der Waals surface area contributed by atoms with Crippen LogP contribution >= 0.6 is 0 Å². The lowest BCUT2D eigenvalue weighted by atomic mass is 9.82. The minimum absolute atomic E-state index is 0.222. The number of morpholine rings is 1. The van der Waals surface area contributed by atoms with Crippen LogP contribution in [0.2, 0.25) is 0 Å². The summed E-state index contributed by atoms with van der Waals surface area (Å²) in [6.07, 6.45) is 1.79. The highest BCUT2D eigenvalue weighted by atomic mass is 16.6. The maximum absolute atomic E-state index is 10.8. The van der Waals surface area contributed by atoms with Gasteiger partial charge in [-0.2, -0.15) is 0 Å². The van der Waals surface area contributed by atoms with Gasteiger partial charge in [-0.25, -0.2) is 0 Å². The van der Waals surface area contributed by atoms with Crippen LogP contribution in [0.15, 0.2) is 72.8 Å². The van der Waals surface area contributed by atoms with E-state index in [-0.39, 0.29) is 5.92 Å². The van der Waals surface area contributed by atoms with Crippen molar-refractivity contribution in [3.05, 3.63) is 95.1 Å². The quantitative estimate of drug-likeness (QED) is 0.350. The van der Waals surface area contributed by atoms with Crippen LogP contribution in [-0.2, 0) is 4.74 Å². The molecule has 0 amide bonds. The lowest BCUT2D eigenvalue weighted by molar-refractivity contribution is 0.0238. The molecule has 38 heavy (non-hydrogen) atoms. The summed E-state index contributed by atoms with van der Waals surface area (Å²) in [7, 11) is 1.68. The fourth-order valence-electron chi connectivity index (χ4n) is 6.51. The lowest BCUT2D eigenvalue weighted by Gasteiger charge is -2.29. The summed E-state index contributed by atoms with van der Waals surface area (Å²) in [4.78, 5) is 2.43. The van der Waals surface area contributed by atoms with Crippen LogP contribution in [0.3, 0.4) is 0 Å². The predicted octanol–water partition coefficient (Wildman–Crippen LogP) is 6.35. The van der Waals surface area contributed by atoms with Crippen LogP contribution in [0.4, 0.5) is 5.69 Å². The first kappa shape index (κ1) is 23.3. The first-order valence-electron chi connectivity index (χ1n) is 13.4. The monoisotopic (exact) mass is 505 g/mol. The number of methoxy groups -OCH3 is 1. The van der Waals surface area contributed by atoms with Gasteiger partial charge in [0, 0.05) is 35.6 Å². The molecule has 5 heteroatoms. The third-order valence-corrected chi connectivity index (χ3v) is 8.24. The van der Waals surface area contributed by atoms with Crippen LogP contribution in [0.5, 0.6) is 11.5 Å². The molecule has 5 nitrogen and oxygen atoms in total. The Morgan fingerprint density at radius 1 is 0.947 bits per heavy atom. The molecule has 0 aromatic heterocycles. The largest absolute Gasteiger partial charge is 0.497 e. The zero-order chi connectivity index (χ0) is 25.8.